The second-order valence-electron chi connectivity index (χ2n) is 5.44. The van der Waals surface area contributed by atoms with Crippen molar-refractivity contribution < 1.29 is 9.90 Å². The fourth-order valence-electron chi connectivity index (χ4n) is 2.19. The van der Waals surface area contributed by atoms with Crippen LogP contribution in [0.15, 0.2) is 17.6 Å². The molecule has 0 radical (unpaired) electrons. The van der Waals surface area contributed by atoms with E-state index in [0.29, 0.717) is 11.4 Å². The van der Waals surface area contributed by atoms with Crippen molar-refractivity contribution in [3.63, 3.8) is 0 Å². The van der Waals surface area contributed by atoms with Crippen LogP contribution >= 0.6 is 22.7 Å². The summed E-state index contributed by atoms with van der Waals surface area (Å²) in [5, 5.41) is 11.8. The van der Waals surface area contributed by atoms with Crippen molar-refractivity contribution in [3.8, 4) is 0 Å². The van der Waals surface area contributed by atoms with E-state index in [-0.39, 0.29) is 5.91 Å². The molecule has 3 aromatic heterocycles. The van der Waals surface area contributed by atoms with Gasteiger partial charge in [0.05, 0.1) is 16.0 Å². The minimum absolute atomic E-state index is 0.0842. The van der Waals surface area contributed by atoms with Gasteiger partial charge in [-0.1, -0.05) is 0 Å². The molecule has 1 amide bonds. The van der Waals surface area contributed by atoms with Crippen LogP contribution in [0.3, 0.4) is 0 Å². The highest BCUT2D eigenvalue weighted by Crippen LogP contribution is 2.29. The molecular formula is C13H15N3O2S2. The molecule has 0 atom stereocenters. The fraction of sp³-hybridized carbons (Fsp3) is 0.385. The zero-order valence-electron chi connectivity index (χ0n) is 11.5. The molecule has 3 aromatic rings. The highest BCUT2D eigenvalue weighted by atomic mass is 32.1. The zero-order chi connectivity index (χ0) is 14.5. The number of thiophene rings is 1. The van der Waals surface area contributed by atoms with Crippen LogP contribution < -0.4 is 0 Å². The smallest absolute Gasteiger partial charge is 0.263 e. The van der Waals surface area contributed by atoms with Gasteiger partial charge in [-0.2, -0.15) is 0 Å². The molecule has 0 bridgehead atoms. The van der Waals surface area contributed by atoms with Gasteiger partial charge >= 0.3 is 0 Å². The lowest BCUT2D eigenvalue weighted by molar-refractivity contribution is 0.0370. The summed E-state index contributed by atoms with van der Waals surface area (Å²) < 4.78 is 1.99. The lowest BCUT2D eigenvalue weighted by Gasteiger charge is -2.25. The summed E-state index contributed by atoms with van der Waals surface area (Å²) in [6.45, 7) is 3.67. The molecule has 0 aromatic carbocycles. The molecule has 0 fully saturated rings. The molecule has 3 heterocycles. The van der Waals surface area contributed by atoms with E-state index in [4.69, 9.17) is 0 Å². The van der Waals surface area contributed by atoms with Crippen molar-refractivity contribution in [2.75, 3.05) is 13.6 Å². The van der Waals surface area contributed by atoms with Gasteiger partial charge < -0.3 is 10.0 Å². The predicted molar refractivity (Wildman–Crippen MR) is 81.7 cm³/mol. The molecule has 0 aliphatic heterocycles. The summed E-state index contributed by atoms with van der Waals surface area (Å²) in [5.74, 6) is -0.0842. The Kier molecular flexibility index (Phi) is 3.07. The molecule has 0 spiro atoms. The minimum Gasteiger partial charge on any atom is -0.389 e. The molecule has 0 saturated carbocycles. The predicted octanol–water partition coefficient (Wildman–Crippen LogP) is 2.45. The normalized spacial score (nSPS) is 12.4. The number of carbonyl (C=O) groups is 1. The average molecular weight is 309 g/mol. The number of imidazole rings is 1. The Hall–Kier alpha value is -1.44. The monoisotopic (exact) mass is 309 g/mol. The van der Waals surface area contributed by atoms with E-state index >= 15 is 0 Å². The van der Waals surface area contributed by atoms with Gasteiger partial charge in [-0.05, 0) is 19.9 Å². The van der Waals surface area contributed by atoms with Crippen molar-refractivity contribution in [1.29, 1.82) is 0 Å². The molecular weight excluding hydrogens is 294 g/mol. The number of amides is 1. The van der Waals surface area contributed by atoms with Gasteiger partial charge in [-0.3, -0.25) is 9.20 Å². The topological polar surface area (TPSA) is 57.8 Å². The SMILES string of the molecule is CN(CC(C)(C)O)C(=O)c1cc2c(nc3sccn32)s1. The van der Waals surface area contributed by atoms with Crippen LogP contribution in [0.25, 0.3) is 15.3 Å². The van der Waals surface area contributed by atoms with E-state index in [9.17, 15) is 9.90 Å². The van der Waals surface area contributed by atoms with Crippen LogP contribution in [0.1, 0.15) is 23.5 Å². The first-order chi connectivity index (χ1) is 9.35. The summed E-state index contributed by atoms with van der Waals surface area (Å²) in [7, 11) is 1.70. The van der Waals surface area contributed by atoms with Gasteiger partial charge in [-0.25, -0.2) is 4.98 Å². The molecule has 1 N–H and O–H groups in total. The number of likely N-dealkylation sites (N-methyl/N-ethyl adjacent to an activating group) is 1. The first-order valence-electron chi connectivity index (χ1n) is 6.18. The highest BCUT2D eigenvalue weighted by molar-refractivity contribution is 7.21. The lowest BCUT2D eigenvalue weighted by Crippen LogP contribution is -2.39. The maximum Gasteiger partial charge on any atom is 0.263 e. The molecule has 5 nitrogen and oxygen atoms in total. The standard InChI is InChI=1S/C13H15N3O2S2/c1-13(2,18)7-15(3)11(17)9-6-8-10(20-9)14-12-16(8)4-5-19-12/h4-6,18H,7H2,1-3H3. The largest absolute Gasteiger partial charge is 0.389 e. The summed E-state index contributed by atoms with van der Waals surface area (Å²) in [4.78, 5) is 20.8. The third-order valence-corrected chi connectivity index (χ3v) is 4.68. The Balaban J connectivity index is 1.93. The quantitative estimate of drug-likeness (QED) is 0.808. The van der Waals surface area contributed by atoms with Gasteiger partial charge in [-0.15, -0.1) is 22.7 Å². The van der Waals surface area contributed by atoms with Crippen molar-refractivity contribution in [3.05, 3.63) is 22.5 Å². The van der Waals surface area contributed by atoms with Crippen molar-refractivity contribution in [2.24, 2.45) is 0 Å². The fourth-order valence-corrected chi connectivity index (χ4v) is 3.99. The summed E-state index contributed by atoms with van der Waals surface area (Å²) in [6.07, 6.45) is 1.96. The number of carbonyl (C=O) groups excluding carboxylic acids is 1. The molecule has 0 aliphatic carbocycles. The molecule has 3 rings (SSSR count). The molecule has 106 valence electrons. The third kappa shape index (κ3) is 2.32. The third-order valence-electron chi connectivity index (χ3n) is 2.92. The lowest BCUT2D eigenvalue weighted by atomic mass is 10.1. The second kappa shape index (κ2) is 4.54. The highest BCUT2D eigenvalue weighted by Gasteiger charge is 2.22. The number of rotatable bonds is 3. The van der Waals surface area contributed by atoms with Gasteiger partial charge in [0, 0.05) is 25.2 Å². The van der Waals surface area contributed by atoms with Gasteiger partial charge in [0.25, 0.3) is 5.91 Å². The molecule has 0 saturated heterocycles. The maximum absolute atomic E-state index is 12.4. The number of thiazole rings is 1. The van der Waals surface area contributed by atoms with Crippen LogP contribution in [0, 0.1) is 0 Å². The summed E-state index contributed by atoms with van der Waals surface area (Å²) >= 11 is 2.97. The number of nitrogens with zero attached hydrogens (tertiary/aromatic N) is 3. The maximum atomic E-state index is 12.4. The number of hydrogen-bond acceptors (Lipinski definition) is 5. The number of aromatic nitrogens is 2. The van der Waals surface area contributed by atoms with E-state index < -0.39 is 5.60 Å². The Morgan fingerprint density at radius 1 is 1.55 bits per heavy atom. The van der Waals surface area contributed by atoms with Crippen LogP contribution in [0.5, 0.6) is 0 Å². The van der Waals surface area contributed by atoms with Crippen LogP contribution in [-0.2, 0) is 0 Å². The molecule has 0 aliphatic rings. The minimum atomic E-state index is -0.899. The van der Waals surface area contributed by atoms with Gasteiger partial charge in [0.15, 0.2) is 4.96 Å². The molecule has 7 heteroatoms. The van der Waals surface area contributed by atoms with E-state index in [1.54, 1.807) is 37.1 Å². The Morgan fingerprint density at radius 3 is 3.00 bits per heavy atom. The van der Waals surface area contributed by atoms with Gasteiger partial charge in [0.2, 0.25) is 0 Å². The Morgan fingerprint density at radius 2 is 2.30 bits per heavy atom. The number of fused-ring (bicyclic) bond motifs is 3. The Labute approximate surface area is 124 Å². The van der Waals surface area contributed by atoms with Crippen molar-refractivity contribution in [2.45, 2.75) is 19.4 Å². The van der Waals surface area contributed by atoms with E-state index in [1.165, 1.54) is 11.3 Å². The van der Waals surface area contributed by atoms with Crippen molar-refractivity contribution in [1.82, 2.24) is 14.3 Å². The van der Waals surface area contributed by atoms with E-state index in [2.05, 4.69) is 4.98 Å². The summed E-state index contributed by atoms with van der Waals surface area (Å²) in [6, 6.07) is 1.87. The van der Waals surface area contributed by atoms with Crippen LogP contribution in [0.2, 0.25) is 0 Å². The average Bonchev–Trinajstić information content (AvgIpc) is 2.95. The van der Waals surface area contributed by atoms with Crippen LogP contribution in [0.4, 0.5) is 0 Å². The molecule has 0 unspecified atom stereocenters. The Bertz CT molecular complexity index is 778. The van der Waals surface area contributed by atoms with E-state index in [1.807, 2.05) is 22.0 Å². The summed E-state index contributed by atoms with van der Waals surface area (Å²) in [5.41, 5.74) is 0.0654. The first-order valence-corrected chi connectivity index (χ1v) is 7.88. The number of aliphatic hydroxyl groups is 1. The van der Waals surface area contributed by atoms with Crippen LogP contribution in [-0.4, -0.2) is 44.5 Å². The van der Waals surface area contributed by atoms with Gasteiger partial charge in [0.1, 0.15) is 4.83 Å². The zero-order valence-corrected chi connectivity index (χ0v) is 13.1. The second-order valence-corrected chi connectivity index (χ2v) is 7.35. The molecule has 20 heavy (non-hydrogen) atoms. The first kappa shape index (κ1) is 13.5. The van der Waals surface area contributed by atoms with Crippen molar-refractivity contribution >= 4 is 43.9 Å². The van der Waals surface area contributed by atoms with E-state index in [0.717, 1.165) is 15.3 Å². The number of hydrogen-bond donors (Lipinski definition) is 1.